The second-order valence-corrected chi connectivity index (χ2v) is 12.1. The largest absolute Gasteiger partial charge is 0.507 e. The molecule has 1 amide bonds. The topological polar surface area (TPSA) is 106 Å². The first kappa shape index (κ1) is 31.4. The molecule has 1 aromatic heterocycles. The standard InChI is InChI=1S/C36H34N2O6S/c1-6-18-43-35(42)33-23(5)37-36(45-33)38-30(26-12-10-25(11-13-26)21(2)3)29(32(40)34(38)41)31(39)27-14-16-28(17-15-27)44-20-24-9-7-8-22(4)19-24/h6-17,19,21,30,39H,1,18,20H2,2-5H3. The van der Waals surface area contributed by atoms with Crippen LogP contribution in [-0.2, 0) is 20.9 Å². The predicted molar refractivity (Wildman–Crippen MR) is 175 cm³/mol. The van der Waals surface area contributed by atoms with Crippen LogP contribution < -0.4 is 9.64 Å². The Morgan fingerprint density at radius 2 is 1.78 bits per heavy atom. The summed E-state index contributed by atoms with van der Waals surface area (Å²) in [7, 11) is 0. The van der Waals surface area contributed by atoms with Crippen LogP contribution in [0, 0.1) is 13.8 Å². The molecule has 230 valence electrons. The van der Waals surface area contributed by atoms with Gasteiger partial charge in [0, 0.05) is 5.56 Å². The summed E-state index contributed by atoms with van der Waals surface area (Å²) < 4.78 is 11.1. The SMILES string of the molecule is C=CCOC(=O)c1sc(N2C(=O)C(=O)C(=C(O)c3ccc(OCc4cccc(C)c4)cc3)C2c2ccc(C(C)C)cc2)nc1C. The number of rotatable bonds is 10. The lowest BCUT2D eigenvalue weighted by Crippen LogP contribution is -2.29. The number of anilines is 1. The van der Waals surface area contributed by atoms with Crippen molar-refractivity contribution in [1.82, 2.24) is 4.98 Å². The summed E-state index contributed by atoms with van der Waals surface area (Å²) in [4.78, 5) is 45.8. The molecule has 45 heavy (non-hydrogen) atoms. The minimum Gasteiger partial charge on any atom is -0.507 e. The minimum absolute atomic E-state index is 0.0218. The third-order valence-corrected chi connectivity index (χ3v) is 8.62. The average Bonchev–Trinajstić information content (AvgIpc) is 3.54. The number of amides is 1. The number of ketones is 1. The third-order valence-electron chi connectivity index (χ3n) is 7.49. The first-order valence-electron chi connectivity index (χ1n) is 14.5. The van der Waals surface area contributed by atoms with Crippen molar-refractivity contribution in [3.05, 3.63) is 129 Å². The van der Waals surface area contributed by atoms with Crippen molar-refractivity contribution in [1.29, 1.82) is 0 Å². The molecule has 1 atom stereocenters. The van der Waals surface area contributed by atoms with Crippen molar-refractivity contribution in [2.24, 2.45) is 0 Å². The zero-order chi connectivity index (χ0) is 32.2. The molecule has 1 aliphatic rings. The number of carbonyl (C=O) groups is 3. The normalized spacial score (nSPS) is 15.8. The van der Waals surface area contributed by atoms with Crippen molar-refractivity contribution in [2.75, 3.05) is 11.5 Å². The Morgan fingerprint density at radius 1 is 1.07 bits per heavy atom. The molecule has 1 unspecified atom stereocenters. The first-order valence-corrected chi connectivity index (χ1v) is 15.4. The van der Waals surface area contributed by atoms with Gasteiger partial charge in [-0.15, -0.1) is 0 Å². The van der Waals surface area contributed by atoms with Crippen LogP contribution in [0.5, 0.6) is 5.75 Å². The number of hydrogen-bond acceptors (Lipinski definition) is 8. The highest BCUT2D eigenvalue weighted by atomic mass is 32.1. The van der Waals surface area contributed by atoms with Crippen molar-refractivity contribution in [3.63, 3.8) is 0 Å². The van der Waals surface area contributed by atoms with E-state index in [4.69, 9.17) is 9.47 Å². The van der Waals surface area contributed by atoms with Crippen LogP contribution in [0.4, 0.5) is 5.13 Å². The van der Waals surface area contributed by atoms with E-state index in [0.717, 1.165) is 28.0 Å². The van der Waals surface area contributed by atoms with E-state index >= 15 is 0 Å². The van der Waals surface area contributed by atoms with Gasteiger partial charge in [0.2, 0.25) is 0 Å². The van der Waals surface area contributed by atoms with Crippen LogP contribution in [0.2, 0.25) is 0 Å². The van der Waals surface area contributed by atoms with Crippen molar-refractivity contribution >= 4 is 39.9 Å². The van der Waals surface area contributed by atoms with E-state index in [0.29, 0.717) is 29.2 Å². The van der Waals surface area contributed by atoms with Crippen LogP contribution in [0.25, 0.3) is 5.76 Å². The number of aliphatic hydroxyl groups is 1. The Morgan fingerprint density at radius 3 is 2.42 bits per heavy atom. The van der Waals surface area contributed by atoms with Crippen molar-refractivity contribution in [2.45, 2.75) is 46.3 Å². The maximum Gasteiger partial charge on any atom is 0.350 e. The summed E-state index contributed by atoms with van der Waals surface area (Å²) in [5.41, 5.74) is 4.49. The third kappa shape index (κ3) is 6.58. The van der Waals surface area contributed by atoms with Gasteiger partial charge in [0.25, 0.3) is 5.78 Å². The second kappa shape index (κ2) is 13.3. The van der Waals surface area contributed by atoms with Gasteiger partial charge < -0.3 is 14.6 Å². The number of ether oxygens (including phenoxy) is 2. The Labute approximate surface area is 266 Å². The Hall–Kier alpha value is -5.02. The number of benzene rings is 3. The highest BCUT2D eigenvalue weighted by molar-refractivity contribution is 7.17. The maximum absolute atomic E-state index is 13.6. The molecule has 9 heteroatoms. The van der Waals surface area contributed by atoms with Gasteiger partial charge in [-0.3, -0.25) is 14.5 Å². The van der Waals surface area contributed by atoms with Crippen LogP contribution in [-0.4, -0.2) is 34.4 Å². The van der Waals surface area contributed by atoms with Crippen LogP contribution in [0.1, 0.15) is 69.0 Å². The second-order valence-electron chi connectivity index (χ2n) is 11.1. The number of nitrogens with zero attached hydrogens (tertiary/aromatic N) is 2. The summed E-state index contributed by atoms with van der Waals surface area (Å²) in [6.07, 6.45) is 1.46. The molecular weight excluding hydrogens is 588 g/mol. The number of aryl methyl sites for hydroxylation is 2. The zero-order valence-corrected chi connectivity index (χ0v) is 26.4. The van der Waals surface area contributed by atoms with Gasteiger partial charge in [0.1, 0.15) is 29.6 Å². The molecule has 1 N–H and O–H groups in total. The van der Waals surface area contributed by atoms with Crippen LogP contribution >= 0.6 is 11.3 Å². The molecule has 1 aliphatic heterocycles. The quantitative estimate of drug-likeness (QED) is 0.0645. The molecule has 0 spiro atoms. The molecule has 0 aliphatic carbocycles. The monoisotopic (exact) mass is 622 g/mol. The number of hydrogen-bond donors (Lipinski definition) is 1. The van der Waals surface area contributed by atoms with Crippen LogP contribution in [0.15, 0.2) is 91.0 Å². The predicted octanol–water partition coefficient (Wildman–Crippen LogP) is 7.43. The van der Waals surface area contributed by atoms with E-state index < -0.39 is 23.7 Å². The van der Waals surface area contributed by atoms with Gasteiger partial charge in [-0.2, -0.15) is 0 Å². The lowest BCUT2D eigenvalue weighted by atomic mass is 9.93. The lowest BCUT2D eigenvalue weighted by molar-refractivity contribution is -0.132. The fourth-order valence-electron chi connectivity index (χ4n) is 5.12. The van der Waals surface area contributed by atoms with Crippen molar-refractivity contribution in [3.8, 4) is 5.75 Å². The van der Waals surface area contributed by atoms with Crippen LogP contribution in [0.3, 0.4) is 0 Å². The van der Waals surface area contributed by atoms with Gasteiger partial charge in [-0.1, -0.05) is 91.9 Å². The molecule has 1 saturated heterocycles. The van der Waals surface area contributed by atoms with E-state index in [9.17, 15) is 19.5 Å². The van der Waals surface area contributed by atoms with Gasteiger partial charge >= 0.3 is 11.9 Å². The van der Waals surface area contributed by atoms with E-state index in [1.807, 2.05) is 55.5 Å². The summed E-state index contributed by atoms with van der Waals surface area (Å²) >= 11 is 0.956. The molecule has 4 aromatic rings. The molecule has 1 fully saturated rings. The Bertz CT molecular complexity index is 1790. The summed E-state index contributed by atoms with van der Waals surface area (Å²) in [6.45, 7) is 11.7. The van der Waals surface area contributed by atoms with Gasteiger partial charge in [0.15, 0.2) is 5.13 Å². The fraction of sp³-hybridized carbons (Fsp3) is 0.222. The van der Waals surface area contributed by atoms with Gasteiger partial charge in [-0.05, 0) is 60.7 Å². The average molecular weight is 623 g/mol. The summed E-state index contributed by atoms with van der Waals surface area (Å²) in [6, 6.07) is 21.3. The number of carbonyl (C=O) groups excluding carboxylic acids is 3. The molecule has 0 radical (unpaired) electrons. The first-order chi connectivity index (χ1) is 21.6. The molecule has 5 rings (SSSR count). The zero-order valence-electron chi connectivity index (χ0n) is 25.6. The van der Waals surface area contributed by atoms with Gasteiger partial charge in [0.05, 0.1) is 17.3 Å². The molecule has 8 nitrogen and oxygen atoms in total. The van der Waals surface area contributed by atoms with Gasteiger partial charge in [-0.25, -0.2) is 9.78 Å². The number of esters is 1. The highest BCUT2D eigenvalue weighted by Gasteiger charge is 2.48. The molecule has 0 saturated carbocycles. The maximum atomic E-state index is 13.6. The Kier molecular flexibility index (Phi) is 9.29. The number of aromatic nitrogens is 1. The molecule has 2 heterocycles. The van der Waals surface area contributed by atoms with E-state index in [2.05, 4.69) is 25.4 Å². The number of thiazole rings is 1. The lowest BCUT2D eigenvalue weighted by Gasteiger charge is -2.23. The molecule has 0 bridgehead atoms. The van der Waals surface area contributed by atoms with E-state index in [1.54, 1.807) is 31.2 Å². The number of Topliss-reactive ketones (excluding diaryl/α,β-unsaturated/α-hetero) is 1. The fourth-order valence-corrected chi connectivity index (χ4v) is 6.10. The molecular formula is C36H34N2O6S. The van der Waals surface area contributed by atoms with E-state index in [1.165, 1.54) is 11.0 Å². The van der Waals surface area contributed by atoms with Crippen molar-refractivity contribution < 1.29 is 29.0 Å². The minimum atomic E-state index is -0.981. The number of aliphatic hydroxyl groups excluding tert-OH is 1. The Balaban J connectivity index is 1.53. The highest BCUT2D eigenvalue weighted by Crippen LogP contribution is 2.44. The van der Waals surface area contributed by atoms with E-state index in [-0.39, 0.29) is 33.9 Å². The summed E-state index contributed by atoms with van der Waals surface area (Å²) in [5, 5.41) is 11.7. The summed E-state index contributed by atoms with van der Waals surface area (Å²) in [5.74, 6) is -1.78. The smallest absolute Gasteiger partial charge is 0.350 e. The molecule has 3 aromatic carbocycles.